The highest BCUT2D eigenvalue weighted by Crippen LogP contribution is 2.40. The van der Waals surface area contributed by atoms with Crippen LogP contribution in [-0.4, -0.2) is 88.5 Å². The number of piperazine rings is 1. The molecule has 0 bridgehead atoms. The number of nitrogens with zero attached hydrogens (tertiary/aromatic N) is 5. The van der Waals surface area contributed by atoms with E-state index in [9.17, 15) is 18.8 Å². The van der Waals surface area contributed by atoms with Gasteiger partial charge in [-0.15, -0.1) is 0 Å². The van der Waals surface area contributed by atoms with Crippen molar-refractivity contribution in [3.63, 3.8) is 0 Å². The number of hydrogen-bond donors (Lipinski definition) is 2. The molecule has 4 aromatic rings. The molecule has 0 spiro atoms. The first kappa shape index (κ1) is 32.4. The van der Waals surface area contributed by atoms with Crippen LogP contribution in [0.3, 0.4) is 0 Å². The number of anilines is 2. The van der Waals surface area contributed by atoms with Crippen molar-refractivity contribution < 1.29 is 23.1 Å². The Morgan fingerprint density at radius 2 is 1.59 bits per heavy atom. The number of urea groups is 1. The molecule has 2 saturated heterocycles. The lowest BCUT2D eigenvalue weighted by Gasteiger charge is -2.37. The third-order valence-corrected chi connectivity index (χ3v) is 9.76. The minimum Gasteiger partial charge on any atom is -0.457 e. The van der Waals surface area contributed by atoms with E-state index < -0.39 is 23.1 Å². The monoisotopic (exact) mass is 669 g/mol. The quantitative estimate of drug-likeness (QED) is 0.284. The van der Waals surface area contributed by atoms with E-state index in [0.29, 0.717) is 35.1 Å². The molecule has 1 saturated carbocycles. The average Bonchev–Trinajstić information content (AvgIpc) is 3.67. The zero-order chi connectivity index (χ0) is 34.1. The molecule has 3 aliphatic rings. The molecule has 254 valence electrons. The number of pyridine rings is 2. The highest BCUT2D eigenvalue weighted by atomic mass is 19.1. The van der Waals surface area contributed by atoms with Crippen LogP contribution in [0.5, 0.6) is 11.5 Å². The van der Waals surface area contributed by atoms with Crippen LogP contribution in [0.25, 0.3) is 5.69 Å². The molecule has 2 N–H and O–H groups in total. The molecular formula is C36H37F2N7O4. The molecule has 3 fully saturated rings. The second kappa shape index (κ2) is 13.8. The van der Waals surface area contributed by atoms with Gasteiger partial charge in [0.2, 0.25) is 0 Å². The van der Waals surface area contributed by atoms with Crippen LogP contribution in [0.2, 0.25) is 0 Å². The van der Waals surface area contributed by atoms with Crippen LogP contribution in [-0.2, 0) is 0 Å². The van der Waals surface area contributed by atoms with E-state index in [4.69, 9.17) is 4.74 Å². The third kappa shape index (κ3) is 7.18. The molecule has 11 nitrogen and oxygen atoms in total. The fourth-order valence-corrected chi connectivity index (χ4v) is 7.11. The fraction of sp³-hybridized carbons (Fsp3) is 0.333. The maximum absolute atomic E-state index is 15.1. The maximum atomic E-state index is 15.1. The molecule has 2 aliphatic heterocycles. The zero-order valence-corrected chi connectivity index (χ0v) is 27.0. The van der Waals surface area contributed by atoms with Crippen molar-refractivity contribution in [1.82, 2.24) is 24.3 Å². The lowest BCUT2D eigenvalue weighted by Crippen LogP contribution is -2.48. The average molecular weight is 670 g/mol. The molecular weight excluding hydrogens is 632 g/mol. The SMILES string of the molecule is CN1CCN(C2CC3CN(C(=O)Nc4cc(Oc5ccc(NC(=O)c6cccn(-c7ccc(F)cc7)c6=O)c(F)c5)ccn4)CC3C2)CC1. The van der Waals surface area contributed by atoms with E-state index in [1.54, 1.807) is 12.1 Å². The number of ether oxygens (including phenoxy) is 1. The molecule has 2 atom stereocenters. The highest BCUT2D eigenvalue weighted by molar-refractivity contribution is 6.04. The molecule has 1 aliphatic carbocycles. The minimum absolute atomic E-state index is 0.151. The summed E-state index contributed by atoms with van der Waals surface area (Å²) in [5.74, 6) is -0.230. The molecule has 3 amide bonds. The Balaban J connectivity index is 0.939. The van der Waals surface area contributed by atoms with Gasteiger partial charge < -0.3 is 19.9 Å². The highest BCUT2D eigenvalue weighted by Gasteiger charge is 2.44. The number of fused-ring (bicyclic) bond motifs is 1. The smallest absolute Gasteiger partial charge is 0.323 e. The molecule has 0 radical (unpaired) electrons. The van der Waals surface area contributed by atoms with E-state index >= 15 is 4.39 Å². The van der Waals surface area contributed by atoms with Crippen molar-refractivity contribution in [2.24, 2.45) is 11.8 Å². The fourth-order valence-electron chi connectivity index (χ4n) is 7.11. The molecule has 4 heterocycles. The summed E-state index contributed by atoms with van der Waals surface area (Å²) in [4.78, 5) is 50.2. The predicted octanol–water partition coefficient (Wildman–Crippen LogP) is 5.05. The molecule has 2 aromatic heterocycles. The summed E-state index contributed by atoms with van der Waals surface area (Å²) < 4.78 is 35.5. The summed E-state index contributed by atoms with van der Waals surface area (Å²) in [6.07, 6.45) is 5.20. The lowest BCUT2D eigenvalue weighted by atomic mass is 10.0. The van der Waals surface area contributed by atoms with Crippen molar-refractivity contribution in [1.29, 1.82) is 0 Å². The van der Waals surface area contributed by atoms with Gasteiger partial charge in [-0.25, -0.2) is 18.6 Å². The molecule has 49 heavy (non-hydrogen) atoms. The molecule has 13 heteroatoms. The Hall–Kier alpha value is -5.14. The van der Waals surface area contributed by atoms with E-state index in [0.717, 1.165) is 58.2 Å². The van der Waals surface area contributed by atoms with Crippen molar-refractivity contribution in [2.45, 2.75) is 18.9 Å². The minimum atomic E-state index is -0.806. The van der Waals surface area contributed by atoms with Gasteiger partial charge in [0.15, 0.2) is 0 Å². The van der Waals surface area contributed by atoms with Crippen LogP contribution in [0.1, 0.15) is 23.2 Å². The number of aromatic nitrogens is 2. The number of likely N-dealkylation sites (tertiary alicyclic amines) is 1. The second-order valence-electron chi connectivity index (χ2n) is 13.0. The Morgan fingerprint density at radius 3 is 2.31 bits per heavy atom. The predicted molar refractivity (Wildman–Crippen MR) is 180 cm³/mol. The zero-order valence-electron chi connectivity index (χ0n) is 27.0. The summed E-state index contributed by atoms with van der Waals surface area (Å²) in [7, 11) is 2.17. The lowest BCUT2D eigenvalue weighted by molar-refractivity contribution is 0.102. The van der Waals surface area contributed by atoms with Gasteiger partial charge in [-0.05, 0) is 86.3 Å². The third-order valence-electron chi connectivity index (χ3n) is 9.76. The number of carbonyl (C=O) groups excluding carboxylic acids is 2. The summed E-state index contributed by atoms with van der Waals surface area (Å²) >= 11 is 0. The van der Waals surface area contributed by atoms with Gasteiger partial charge in [0.1, 0.15) is 34.5 Å². The summed E-state index contributed by atoms with van der Waals surface area (Å²) in [5.41, 5.74) is -0.637. The number of rotatable bonds is 7. The number of benzene rings is 2. The molecule has 2 aromatic carbocycles. The van der Waals surface area contributed by atoms with E-state index in [1.807, 2.05) is 4.90 Å². The van der Waals surface area contributed by atoms with Crippen molar-refractivity contribution in [2.75, 3.05) is 56.9 Å². The van der Waals surface area contributed by atoms with Crippen molar-refractivity contribution in [3.05, 3.63) is 107 Å². The van der Waals surface area contributed by atoms with Gasteiger partial charge >= 0.3 is 6.03 Å². The van der Waals surface area contributed by atoms with Crippen LogP contribution in [0, 0.1) is 23.5 Å². The van der Waals surface area contributed by atoms with Crippen molar-refractivity contribution in [3.8, 4) is 17.2 Å². The number of hydrogen-bond acceptors (Lipinski definition) is 7. The van der Waals surface area contributed by atoms with E-state index in [-0.39, 0.29) is 23.0 Å². The van der Waals surface area contributed by atoms with Gasteiger partial charge in [-0.2, -0.15) is 0 Å². The topological polar surface area (TPSA) is 112 Å². The number of nitrogens with one attached hydrogen (secondary N) is 2. The Morgan fingerprint density at radius 1 is 0.878 bits per heavy atom. The van der Waals surface area contributed by atoms with Gasteiger partial charge in [0.25, 0.3) is 11.5 Å². The first-order valence-corrected chi connectivity index (χ1v) is 16.4. The van der Waals surface area contributed by atoms with Crippen LogP contribution in [0.4, 0.5) is 25.1 Å². The molecule has 2 unspecified atom stereocenters. The Bertz CT molecular complexity index is 1900. The normalized spacial score (nSPS) is 21.0. The van der Waals surface area contributed by atoms with Gasteiger partial charge in [-0.3, -0.25) is 24.4 Å². The van der Waals surface area contributed by atoms with E-state index in [1.165, 1.54) is 65.5 Å². The number of likely N-dealkylation sites (N-methyl/N-ethyl adjacent to an activating group) is 1. The number of carbonyl (C=O) groups is 2. The Labute approximate surface area is 282 Å². The summed E-state index contributed by atoms with van der Waals surface area (Å²) in [5, 5.41) is 5.30. The number of amides is 3. The van der Waals surface area contributed by atoms with Gasteiger partial charge in [-0.1, -0.05) is 0 Å². The van der Waals surface area contributed by atoms with Crippen molar-refractivity contribution >= 4 is 23.4 Å². The second-order valence-corrected chi connectivity index (χ2v) is 13.0. The standard InChI is InChI=1S/C36H37F2N7O4/c1-42-13-15-43(16-14-42)27-17-23-21-44(22-24(23)18-27)36(48)41-33-20-29(10-11-39-33)49-28-8-9-32(31(38)19-28)40-34(46)30-3-2-12-45(35(30)47)26-6-4-25(37)5-7-26/h2-12,19-20,23-24,27H,13-18,21-22H2,1H3,(H,40,46)(H,39,41,48). The first-order valence-electron chi connectivity index (χ1n) is 16.4. The molecule has 7 rings (SSSR count). The van der Waals surface area contributed by atoms with Crippen LogP contribution in [0.15, 0.2) is 83.9 Å². The first-order chi connectivity index (χ1) is 23.7. The Kier molecular flexibility index (Phi) is 9.11. The van der Waals surface area contributed by atoms with Crippen LogP contribution < -0.4 is 20.9 Å². The largest absolute Gasteiger partial charge is 0.457 e. The van der Waals surface area contributed by atoms with Gasteiger partial charge in [0.05, 0.1) is 5.69 Å². The van der Waals surface area contributed by atoms with E-state index in [2.05, 4.69) is 32.5 Å². The maximum Gasteiger partial charge on any atom is 0.323 e. The van der Waals surface area contributed by atoms with Crippen LogP contribution >= 0.6 is 0 Å². The van der Waals surface area contributed by atoms with Gasteiger partial charge in [0, 0.05) is 75.5 Å². The summed E-state index contributed by atoms with van der Waals surface area (Å²) in [6, 6.07) is 15.5. The number of halogens is 2. The summed E-state index contributed by atoms with van der Waals surface area (Å²) in [6.45, 7) is 5.90.